The molecule has 1 saturated heterocycles. The number of rotatable bonds is 9. The molecule has 0 saturated carbocycles. The summed E-state index contributed by atoms with van der Waals surface area (Å²) in [5.74, 6) is 0.0901. The van der Waals surface area contributed by atoms with Gasteiger partial charge in [0.25, 0.3) is 0 Å². The quantitative estimate of drug-likeness (QED) is 0.502. The molecule has 3 rings (SSSR count). The summed E-state index contributed by atoms with van der Waals surface area (Å²) in [4.78, 5) is 25.3. The Hall–Kier alpha value is -2.58. The third-order valence-corrected chi connectivity index (χ3v) is 6.71. The molecule has 0 spiro atoms. The summed E-state index contributed by atoms with van der Waals surface area (Å²) in [5.41, 5.74) is 1.20. The normalized spacial score (nSPS) is 18.4. The molecule has 8 heteroatoms. The number of nitrogens with one attached hydrogen (secondary N) is 3. The molecule has 1 aliphatic heterocycles. The Morgan fingerprint density at radius 2 is 1.97 bits per heavy atom. The van der Waals surface area contributed by atoms with E-state index in [0.717, 1.165) is 37.2 Å². The first-order valence-electron chi connectivity index (χ1n) is 11.3. The van der Waals surface area contributed by atoms with Crippen molar-refractivity contribution in [3.8, 4) is 0 Å². The Morgan fingerprint density at radius 3 is 2.62 bits per heavy atom. The van der Waals surface area contributed by atoms with Crippen LogP contribution < -0.4 is 16.0 Å². The number of piperidine rings is 1. The smallest absolute Gasteiger partial charge is 0.249 e. The fourth-order valence-corrected chi connectivity index (χ4v) is 4.44. The first-order valence-corrected chi connectivity index (χ1v) is 12.1. The minimum absolute atomic E-state index is 0.00892. The molecule has 1 aromatic heterocycles. The molecule has 0 radical (unpaired) electrons. The van der Waals surface area contributed by atoms with Gasteiger partial charge in [0.15, 0.2) is 0 Å². The lowest BCUT2D eigenvalue weighted by atomic mass is 9.92. The molecule has 32 heavy (non-hydrogen) atoms. The fourth-order valence-electron chi connectivity index (χ4n) is 3.69. The number of carbonyl (C=O) groups excluding carboxylic acids is 2. The summed E-state index contributed by atoms with van der Waals surface area (Å²) >= 11 is 1.38. The molecule has 0 bridgehead atoms. The van der Waals surface area contributed by atoms with Crippen LogP contribution in [-0.4, -0.2) is 40.6 Å². The lowest BCUT2D eigenvalue weighted by molar-refractivity contribution is -0.124. The van der Waals surface area contributed by atoms with Crippen molar-refractivity contribution >= 4 is 28.3 Å². The van der Waals surface area contributed by atoms with Gasteiger partial charge in [-0.2, -0.15) is 0 Å². The number of carbonyl (C=O) groups is 2. The van der Waals surface area contributed by atoms with E-state index in [2.05, 4.69) is 45.2 Å². The van der Waals surface area contributed by atoms with Crippen molar-refractivity contribution in [2.45, 2.75) is 64.5 Å². The largest absolute Gasteiger partial charge is 0.348 e. The summed E-state index contributed by atoms with van der Waals surface area (Å²) in [6, 6.07) is 9.74. The zero-order valence-electron chi connectivity index (χ0n) is 19.0. The average molecular weight is 456 g/mol. The molecule has 3 N–H and O–H groups in total. The third-order valence-electron chi connectivity index (χ3n) is 5.57. The maximum atomic E-state index is 12.8. The van der Waals surface area contributed by atoms with Crippen LogP contribution in [0.2, 0.25) is 0 Å². The van der Waals surface area contributed by atoms with E-state index in [4.69, 9.17) is 0 Å². The molecule has 1 fully saturated rings. The number of aromatic nitrogens is 2. The van der Waals surface area contributed by atoms with E-state index in [-0.39, 0.29) is 35.7 Å². The van der Waals surface area contributed by atoms with Crippen LogP contribution in [0.1, 0.15) is 56.5 Å². The predicted molar refractivity (Wildman–Crippen MR) is 129 cm³/mol. The number of nitrogens with zero attached hydrogens (tertiary/aromatic N) is 2. The number of hydrogen-bond donors (Lipinski definition) is 3. The summed E-state index contributed by atoms with van der Waals surface area (Å²) in [6.45, 7) is 7.03. The van der Waals surface area contributed by atoms with Crippen molar-refractivity contribution in [1.82, 2.24) is 20.8 Å². The van der Waals surface area contributed by atoms with Gasteiger partial charge in [-0.15, -0.1) is 10.2 Å². The summed E-state index contributed by atoms with van der Waals surface area (Å²) < 4.78 is 0. The lowest BCUT2D eigenvalue weighted by Crippen LogP contribution is -2.50. The Bertz CT molecular complexity index is 906. The molecule has 2 amide bonds. The maximum absolute atomic E-state index is 12.8. The van der Waals surface area contributed by atoms with Gasteiger partial charge in [0, 0.05) is 12.0 Å². The van der Waals surface area contributed by atoms with Gasteiger partial charge in [-0.05, 0) is 37.3 Å². The van der Waals surface area contributed by atoms with Crippen LogP contribution >= 0.6 is 11.3 Å². The summed E-state index contributed by atoms with van der Waals surface area (Å²) in [6.07, 6.45) is 7.05. The first-order chi connectivity index (χ1) is 15.4. The molecule has 172 valence electrons. The van der Waals surface area contributed by atoms with Gasteiger partial charge in [-0.1, -0.05) is 74.9 Å². The van der Waals surface area contributed by atoms with Crippen molar-refractivity contribution in [3.63, 3.8) is 0 Å². The molecule has 2 aromatic rings. The minimum atomic E-state index is -0.279. The SMILES string of the molecule is CC(C)c1nnc(NC(=O)/C=C/[C@@H](NC(=O)[C@@H]2CCCCN2)C(C)Cc2ccccc2)s1. The Kier molecular flexibility index (Phi) is 8.93. The second-order valence-electron chi connectivity index (χ2n) is 8.65. The first kappa shape index (κ1) is 24.1. The molecule has 1 unspecified atom stereocenters. The minimum Gasteiger partial charge on any atom is -0.348 e. The Labute approximate surface area is 194 Å². The van der Waals surface area contributed by atoms with E-state index < -0.39 is 0 Å². The molecule has 1 aliphatic rings. The van der Waals surface area contributed by atoms with Crippen molar-refractivity contribution < 1.29 is 9.59 Å². The molecular formula is C24H33N5O2S. The number of hydrogen-bond acceptors (Lipinski definition) is 6. The van der Waals surface area contributed by atoms with Crippen LogP contribution in [0.4, 0.5) is 5.13 Å². The van der Waals surface area contributed by atoms with E-state index in [9.17, 15) is 9.59 Å². The van der Waals surface area contributed by atoms with Crippen LogP contribution in [0.3, 0.4) is 0 Å². The fraction of sp³-hybridized carbons (Fsp3) is 0.500. The van der Waals surface area contributed by atoms with E-state index in [1.165, 1.54) is 23.0 Å². The van der Waals surface area contributed by atoms with Crippen molar-refractivity contribution in [2.75, 3.05) is 11.9 Å². The molecule has 2 heterocycles. The number of benzene rings is 1. The van der Waals surface area contributed by atoms with Crippen LogP contribution in [0, 0.1) is 5.92 Å². The van der Waals surface area contributed by atoms with E-state index in [1.807, 2.05) is 32.0 Å². The monoisotopic (exact) mass is 455 g/mol. The standard InChI is InChI=1S/C24H33N5O2S/c1-16(2)23-28-29-24(32-23)27-21(30)13-12-19(17(3)15-18-9-5-4-6-10-18)26-22(31)20-11-7-8-14-25-20/h4-6,9-10,12-13,16-17,19-20,25H,7-8,11,14-15H2,1-3H3,(H,26,31)(H,27,29,30)/b13-12+/t17?,19-,20+/m1/s1. The van der Waals surface area contributed by atoms with Crippen LogP contribution in [0.5, 0.6) is 0 Å². The van der Waals surface area contributed by atoms with Crippen molar-refractivity contribution in [1.29, 1.82) is 0 Å². The van der Waals surface area contributed by atoms with Gasteiger partial charge >= 0.3 is 0 Å². The molecule has 0 aliphatic carbocycles. The number of amides is 2. The van der Waals surface area contributed by atoms with E-state index >= 15 is 0 Å². The van der Waals surface area contributed by atoms with Gasteiger partial charge in [0.05, 0.1) is 12.1 Å². The van der Waals surface area contributed by atoms with Crippen LogP contribution in [0.15, 0.2) is 42.5 Å². The third kappa shape index (κ3) is 7.24. The summed E-state index contributed by atoms with van der Waals surface area (Å²) in [7, 11) is 0. The van der Waals surface area contributed by atoms with Gasteiger partial charge < -0.3 is 10.6 Å². The average Bonchev–Trinajstić information content (AvgIpc) is 3.26. The Balaban J connectivity index is 1.66. The highest BCUT2D eigenvalue weighted by molar-refractivity contribution is 7.15. The molecule has 3 atom stereocenters. The lowest BCUT2D eigenvalue weighted by Gasteiger charge is -2.27. The van der Waals surface area contributed by atoms with Gasteiger partial charge in [0.1, 0.15) is 5.01 Å². The summed E-state index contributed by atoms with van der Waals surface area (Å²) in [5, 5.41) is 18.7. The molecule has 1 aromatic carbocycles. The van der Waals surface area contributed by atoms with Gasteiger partial charge in [-0.25, -0.2) is 0 Å². The zero-order chi connectivity index (χ0) is 22.9. The van der Waals surface area contributed by atoms with Crippen molar-refractivity contribution in [2.24, 2.45) is 5.92 Å². The zero-order valence-corrected chi connectivity index (χ0v) is 19.8. The predicted octanol–water partition coefficient (Wildman–Crippen LogP) is 3.66. The highest BCUT2D eigenvalue weighted by Crippen LogP contribution is 2.22. The molecular weight excluding hydrogens is 422 g/mol. The van der Waals surface area contributed by atoms with Gasteiger partial charge in [-0.3, -0.25) is 14.9 Å². The van der Waals surface area contributed by atoms with Crippen LogP contribution in [-0.2, 0) is 16.0 Å². The van der Waals surface area contributed by atoms with Crippen LogP contribution in [0.25, 0.3) is 0 Å². The van der Waals surface area contributed by atoms with E-state index in [1.54, 1.807) is 6.08 Å². The second-order valence-corrected chi connectivity index (χ2v) is 9.66. The molecule has 7 nitrogen and oxygen atoms in total. The highest BCUT2D eigenvalue weighted by atomic mass is 32.1. The maximum Gasteiger partial charge on any atom is 0.249 e. The van der Waals surface area contributed by atoms with E-state index in [0.29, 0.717) is 5.13 Å². The second kappa shape index (κ2) is 11.9. The topological polar surface area (TPSA) is 96.0 Å². The van der Waals surface area contributed by atoms with Gasteiger partial charge in [0.2, 0.25) is 16.9 Å². The number of anilines is 1. The Morgan fingerprint density at radius 1 is 1.19 bits per heavy atom. The van der Waals surface area contributed by atoms with Crippen molar-refractivity contribution in [3.05, 3.63) is 53.1 Å². The highest BCUT2D eigenvalue weighted by Gasteiger charge is 2.25.